The van der Waals surface area contributed by atoms with Crippen molar-refractivity contribution in [2.75, 3.05) is 13.1 Å². The standard InChI is InChI=1S/C20H24N2O/c21-19-15-22(14-18(19)17-11-5-2-6-12-17)20(23)13-7-10-16-8-3-1-4-9-16/h1-6,8-9,11-12,18-19H,7,10,13-15,21H2/t18-,19+/m0/s1. The van der Waals surface area contributed by atoms with Crippen LogP contribution < -0.4 is 5.73 Å². The SMILES string of the molecule is N[C@@H]1CN(C(=O)CCCc2ccccc2)C[C@H]1c1ccccc1. The zero-order valence-electron chi connectivity index (χ0n) is 13.4. The van der Waals surface area contributed by atoms with Crippen molar-refractivity contribution in [1.29, 1.82) is 0 Å². The van der Waals surface area contributed by atoms with Gasteiger partial charge in [0.2, 0.25) is 5.91 Å². The number of carbonyl (C=O) groups is 1. The van der Waals surface area contributed by atoms with Gasteiger partial charge in [0.05, 0.1) is 0 Å². The Labute approximate surface area is 138 Å². The highest BCUT2D eigenvalue weighted by Gasteiger charge is 2.33. The van der Waals surface area contributed by atoms with Crippen molar-refractivity contribution in [3.63, 3.8) is 0 Å². The van der Waals surface area contributed by atoms with Gasteiger partial charge in [-0.2, -0.15) is 0 Å². The molecule has 0 bridgehead atoms. The van der Waals surface area contributed by atoms with Gasteiger partial charge in [-0.3, -0.25) is 4.79 Å². The van der Waals surface area contributed by atoms with Gasteiger partial charge in [-0.1, -0.05) is 60.7 Å². The molecule has 3 nitrogen and oxygen atoms in total. The van der Waals surface area contributed by atoms with E-state index in [1.54, 1.807) is 0 Å². The summed E-state index contributed by atoms with van der Waals surface area (Å²) in [6, 6.07) is 20.7. The summed E-state index contributed by atoms with van der Waals surface area (Å²) < 4.78 is 0. The summed E-state index contributed by atoms with van der Waals surface area (Å²) in [5, 5.41) is 0. The minimum atomic E-state index is 0.0375. The van der Waals surface area contributed by atoms with E-state index in [1.807, 2.05) is 41.3 Å². The van der Waals surface area contributed by atoms with Gasteiger partial charge < -0.3 is 10.6 Å². The van der Waals surface area contributed by atoms with Gasteiger partial charge >= 0.3 is 0 Å². The Hall–Kier alpha value is -2.13. The maximum atomic E-state index is 12.4. The highest BCUT2D eigenvalue weighted by molar-refractivity contribution is 5.76. The van der Waals surface area contributed by atoms with Crippen LogP contribution in [0.4, 0.5) is 0 Å². The van der Waals surface area contributed by atoms with E-state index in [2.05, 4.69) is 24.3 Å². The van der Waals surface area contributed by atoms with Gasteiger partial charge in [-0.05, 0) is 24.0 Å². The molecule has 2 N–H and O–H groups in total. The van der Waals surface area contributed by atoms with Crippen molar-refractivity contribution in [2.45, 2.75) is 31.2 Å². The lowest BCUT2D eigenvalue weighted by molar-refractivity contribution is -0.130. The van der Waals surface area contributed by atoms with Crippen molar-refractivity contribution in [2.24, 2.45) is 5.73 Å². The maximum absolute atomic E-state index is 12.4. The van der Waals surface area contributed by atoms with Crippen LogP contribution in [0.15, 0.2) is 60.7 Å². The number of aryl methyl sites for hydroxylation is 1. The molecule has 0 saturated carbocycles. The number of nitrogens with zero attached hydrogens (tertiary/aromatic N) is 1. The first-order valence-electron chi connectivity index (χ1n) is 8.36. The fraction of sp³-hybridized carbons (Fsp3) is 0.350. The van der Waals surface area contributed by atoms with Gasteiger partial charge in [0, 0.05) is 31.5 Å². The van der Waals surface area contributed by atoms with E-state index in [-0.39, 0.29) is 17.9 Å². The van der Waals surface area contributed by atoms with Crippen molar-refractivity contribution in [3.8, 4) is 0 Å². The lowest BCUT2D eigenvalue weighted by Crippen LogP contribution is -2.32. The number of hydrogen-bond donors (Lipinski definition) is 1. The average Bonchev–Trinajstić information content (AvgIpc) is 2.98. The van der Waals surface area contributed by atoms with E-state index in [0.717, 1.165) is 19.4 Å². The second-order valence-electron chi connectivity index (χ2n) is 6.32. The molecule has 1 saturated heterocycles. The molecule has 2 atom stereocenters. The fourth-order valence-electron chi connectivity index (χ4n) is 3.33. The third-order valence-corrected chi connectivity index (χ3v) is 4.64. The zero-order chi connectivity index (χ0) is 16.1. The molecule has 3 heteroatoms. The number of nitrogens with two attached hydrogens (primary N) is 1. The van der Waals surface area contributed by atoms with Crippen LogP contribution in [-0.4, -0.2) is 29.9 Å². The average molecular weight is 308 g/mol. The molecule has 0 aliphatic carbocycles. The van der Waals surface area contributed by atoms with E-state index in [1.165, 1.54) is 11.1 Å². The normalized spacial score (nSPS) is 20.7. The summed E-state index contributed by atoms with van der Waals surface area (Å²) in [6.07, 6.45) is 2.45. The summed E-state index contributed by atoms with van der Waals surface area (Å²) in [6.45, 7) is 1.42. The van der Waals surface area contributed by atoms with Crippen molar-refractivity contribution in [3.05, 3.63) is 71.8 Å². The molecule has 0 aromatic heterocycles. The van der Waals surface area contributed by atoms with Crippen LogP contribution in [0.5, 0.6) is 0 Å². The Balaban J connectivity index is 1.51. The van der Waals surface area contributed by atoms with Crippen LogP contribution in [0.25, 0.3) is 0 Å². The largest absolute Gasteiger partial charge is 0.340 e. The minimum absolute atomic E-state index is 0.0375. The fourth-order valence-corrected chi connectivity index (χ4v) is 3.33. The number of likely N-dealkylation sites (tertiary alicyclic amines) is 1. The Morgan fingerprint density at radius 3 is 2.35 bits per heavy atom. The second kappa shape index (κ2) is 7.42. The number of carbonyl (C=O) groups excluding carboxylic acids is 1. The van der Waals surface area contributed by atoms with Crippen LogP contribution in [-0.2, 0) is 11.2 Å². The highest BCUT2D eigenvalue weighted by Crippen LogP contribution is 2.26. The van der Waals surface area contributed by atoms with E-state index >= 15 is 0 Å². The molecule has 0 spiro atoms. The van der Waals surface area contributed by atoms with Gasteiger partial charge in [-0.25, -0.2) is 0 Å². The minimum Gasteiger partial charge on any atom is -0.340 e. The summed E-state index contributed by atoms with van der Waals surface area (Å²) in [5.41, 5.74) is 8.79. The van der Waals surface area contributed by atoms with Gasteiger partial charge in [-0.15, -0.1) is 0 Å². The first-order valence-corrected chi connectivity index (χ1v) is 8.36. The number of benzene rings is 2. The first kappa shape index (κ1) is 15.8. The highest BCUT2D eigenvalue weighted by atomic mass is 16.2. The van der Waals surface area contributed by atoms with E-state index in [9.17, 15) is 4.79 Å². The third-order valence-electron chi connectivity index (χ3n) is 4.64. The quantitative estimate of drug-likeness (QED) is 0.923. The molecule has 2 aromatic carbocycles. The smallest absolute Gasteiger partial charge is 0.222 e. The number of hydrogen-bond acceptors (Lipinski definition) is 2. The maximum Gasteiger partial charge on any atom is 0.222 e. The van der Waals surface area contributed by atoms with Crippen LogP contribution >= 0.6 is 0 Å². The summed E-state index contributed by atoms with van der Waals surface area (Å²) in [7, 11) is 0. The molecule has 2 aromatic rings. The molecule has 1 heterocycles. The first-order chi connectivity index (χ1) is 11.2. The molecule has 23 heavy (non-hydrogen) atoms. The number of rotatable bonds is 5. The Kier molecular flexibility index (Phi) is 5.09. The van der Waals surface area contributed by atoms with Crippen molar-refractivity contribution in [1.82, 2.24) is 4.90 Å². The Morgan fingerprint density at radius 1 is 1.00 bits per heavy atom. The predicted molar refractivity (Wildman–Crippen MR) is 93.1 cm³/mol. The zero-order valence-corrected chi connectivity index (χ0v) is 13.4. The van der Waals surface area contributed by atoms with Crippen LogP contribution in [0.3, 0.4) is 0 Å². The molecule has 1 amide bonds. The Morgan fingerprint density at radius 2 is 1.65 bits per heavy atom. The lowest BCUT2D eigenvalue weighted by atomic mass is 9.95. The molecular weight excluding hydrogens is 284 g/mol. The van der Waals surface area contributed by atoms with Crippen LogP contribution in [0.1, 0.15) is 29.9 Å². The third kappa shape index (κ3) is 3.99. The van der Waals surface area contributed by atoms with Crippen molar-refractivity contribution >= 4 is 5.91 Å². The second-order valence-corrected chi connectivity index (χ2v) is 6.32. The monoisotopic (exact) mass is 308 g/mol. The van der Waals surface area contributed by atoms with E-state index in [4.69, 9.17) is 5.73 Å². The van der Waals surface area contributed by atoms with Gasteiger partial charge in [0.25, 0.3) is 0 Å². The van der Waals surface area contributed by atoms with Crippen molar-refractivity contribution < 1.29 is 4.79 Å². The summed E-state index contributed by atoms with van der Waals surface area (Å²) in [5.74, 6) is 0.490. The predicted octanol–water partition coefficient (Wildman–Crippen LogP) is 2.96. The molecule has 1 aliphatic heterocycles. The van der Waals surface area contributed by atoms with E-state index < -0.39 is 0 Å². The van der Waals surface area contributed by atoms with Crippen LogP contribution in [0, 0.1) is 0 Å². The molecule has 0 unspecified atom stereocenters. The molecule has 1 aliphatic rings. The molecule has 1 fully saturated rings. The topological polar surface area (TPSA) is 46.3 Å². The Bertz CT molecular complexity index is 627. The van der Waals surface area contributed by atoms with Crippen LogP contribution in [0.2, 0.25) is 0 Å². The van der Waals surface area contributed by atoms with Gasteiger partial charge in [0.1, 0.15) is 0 Å². The lowest BCUT2D eigenvalue weighted by Gasteiger charge is -2.16. The molecule has 120 valence electrons. The molecule has 3 rings (SSSR count). The number of amides is 1. The summed E-state index contributed by atoms with van der Waals surface area (Å²) >= 11 is 0. The summed E-state index contributed by atoms with van der Waals surface area (Å²) in [4.78, 5) is 14.4. The molecule has 0 radical (unpaired) electrons. The molecular formula is C20H24N2O. The van der Waals surface area contributed by atoms with Gasteiger partial charge in [0.15, 0.2) is 0 Å². The van der Waals surface area contributed by atoms with E-state index in [0.29, 0.717) is 13.0 Å².